The molecule has 0 aromatic carbocycles. The molecule has 0 aromatic rings. The Kier molecular flexibility index (Phi) is 34.4. The Balaban J connectivity index is 4.35. The summed E-state index contributed by atoms with van der Waals surface area (Å²) in [5.41, 5.74) is 5.32. The van der Waals surface area contributed by atoms with E-state index in [1.54, 1.807) is 6.08 Å². The highest BCUT2D eigenvalue weighted by atomic mass is 31.2. The summed E-state index contributed by atoms with van der Waals surface area (Å²) in [6, 6.07) is 0. The number of carbonyl (C=O) groups excluding carboxylic acids is 2. The number of carbonyl (C=O) groups is 2. The second kappa shape index (κ2) is 36.0. The van der Waals surface area contributed by atoms with E-state index < -0.39 is 32.5 Å². The van der Waals surface area contributed by atoms with Crippen LogP contribution >= 0.6 is 7.82 Å². The van der Waals surface area contributed by atoms with Crippen molar-refractivity contribution in [1.29, 1.82) is 0 Å². The van der Waals surface area contributed by atoms with Gasteiger partial charge < -0.3 is 25.2 Å². The molecular formula is C40H70NO9P. The number of nitrogens with two attached hydrogens (primary N) is 1. The number of allylic oxidation sites excluding steroid dienone is 9. The van der Waals surface area contributed by atoms with Gasteiger partial charge in [-0.15, -0.1) is 0 Å². The van der Waals surface area contributed by atoms with E-state index in [0.717, 1.165) is 38.5 Å². The van der Waals surface area contributed by atoms with Gasteiger partial charge in [0.15, 0.2) is 6.10 Å². The van der Waals surface area contributed by atoms with Gasteiger partial charge in [-0.3, -0.25) is 18.6 Å². The zero-order valence-electron chi connectivity index (χ0n) is 31.7. The summed E-state index contributed by atoms with van der Waals surface area (Å²) in [6.07, 6.45) is 37.8. The molecule has 0 fully saturated rings. The van der Waals surface area contributed by atoms with Gasteiger partial charge in [-0.05, 0) is 44.9 Å². The first-order valence-electron chi connectivity index (χ1n) is 19.4. The van der Waals surface area contributed by atoms with Gasteiger partial charge in [-0.25, -0.2) is 4.57 Å². The Morgan fingerprint density at radius 1 is 0.686 bits per heavy atom. The molecule has 0 heterocycles. The normalized spacial score (nSPS) is 14.7. The zero-order valence-corrected chi connectivity index (χ0v) is 32.6. The van der Waals surface area contributed by atoms with Crippen LogP contribution in [0, 0.1) is 0 Å². The van der Waals surface area contributed by atoms with Crippen LogP contribution in [0.2, 0.25) is 0 Å². The molecule has 0 aliphatic heterocycles. The van der Waals surface area contributed by atoms with Crippen molar-refractivity contribution >= 4 is 19.8 Å². The molecule has 0 aliphatic carbocycles. The van der Waals surface area contributed by atoms with E-state index in [4.69, 9.17) is 24.3 Å². The number of aliphatic hydroxyl groups is 1. The molecule has 0 rings (SSSR count). The molecule has 10 nitrogen and oxygen atoms in total. The quantitative estimate of drug-likeness (QED) is 0.0188. The molecule has 294 valence electrons. The standard InChI is InChI=1S/C40H70NO9P/c1-3-5-6-7-8-9-10-16-19-22-25-28-31-39(43)47-35-38(36-49-51(45,46)48-34-33-41)50-40(44)32-29-26-23-20-17-14-12-11-13-15-18-21-24-27-30-37(42)4-2/h12-15,20-21,23-24,27,30,37-38,42H,3-11,16-19,22,25-26,28-29,31-36,41H2,1-2H3,(H,45,46)/b14-12-,15-13-,23-20-,24-21-,30-27+/t37-,38-/m1/s1. The monoisotopic (exact) mass is 739 g/mol. The van der Waals surface area contributed by atoms with Crippen molar-refractivity contribution in [3.05, 3.63) is 60.8 Å². The van der Waals surface area contributed by atoms with E-state index in [9.17, 15) is 24.2 Å². The Bertz CT molecular complexity index is 1040. The van der Waals surface area contributed by atoms with E-state index in [2.05, 4.69) is 31.2 Å². The van der Waals surface area contributed by atoms with Crippen LogP contribution in [0.5, 0.6) is 0 Å². The van der Waals surface area contributed by atoms with Crippen LogP contribution < -0.4 is 5.73 Å². The van der Waals surface area contributed by atoms with Crippen LogP contribution in [0.15, 0.2) is 60.8 Å². The number of unbranched alkanes of at least 4 members (excludes halogenated alkanes) is 12. The highest BCUT2D eigenvalue weighted by Crippen LogP contribution is 2.43. The van der Waals surface area contributed by atoms with Crippen molar-refractivity contribution in [1.82, 2.24) is 0 Å². The lowest BCUT2D eigenvalue weighted by Gasteiger charge is -2.19. The maximum Gasteiger partial charge on any atom is 0.472 e. The van der Waals surface area contributed by atoms with Crippen molar-refractivity contribution in [2.24, 2.45) is 5.73 Å². The van der Waals surface area contributed by atoms with Crippen LogP contribution in [-0.2, 0) is 32.7 Å². The van der Waals surface area contributed by atoms with Gasteiger partial charge in [0.05, 0.1) is 19.3 Å². The fourth-order valence-corrected chi connectivity index (χ4v) is 5.56. The number of phosphoric acid groups is 1. The minimum Gasteiger partial charge on any atom is -0.462 e. The molecule has 0 saturated carbocycles. The van der Waals surface area contributed by atoms with Gasteiger partial charge in [0.1, 0.15) is 6.61 Å². The Morgan fingerprint density at radius 2 is 1.24 bits per heavy atom. The van der Waals surface area contributed by atoms with Gasteiger partial charge in [0.2, 0.25) is 0 Å². The molecule has 0 aromatic heterocycles. The molecule has 4 N–H and O–H groups in total. The number of hydrogen-bond donors (Lipinski definition) is 3. The number of hydrogen-bond acceptors (Lipinski definition) is 9. The lowest BCUT2D eigenvalue weighted by Crippen LogP contribution is -2.29. The molecule has 11 heteroatoms. The predicted molar refractivity (Wildman–Crippen MR) is 207 cm³/mol. The minimum absolute atomic E-state index is 0.0366. The summed E-state index contributed by atoms with van der Waals surface area (Å²) >= 11 is 0. The lowest BCUT2D eigenvalue weighted by molar-refractivity contribution is -0.161. The summed E-state index contributed by atoms with van der Waals surface area (Å²) < 4.78 is 32.6. The number of rotatable bonds is 35. The molecule has 0 aliphatic rings. The van der Waals surface area contributed by atoms with Crippen LogP contribution in [0.4, 0.5) is 0 Å². The Morgan fingerprint density at radius 3 is 1.82 bits per heavy atom. The number of esters is 2. The SMILES string of the molecule is CCCCCCCCCCCCCCC(=O)OC[C@H](COP(=O)(O)OCCN)OC(=O)CCC/C=C\C/C=C\C/C=C\C/C=C\C=C\[C@H](O)CC. The van der Waals surface area contributed by atoms with Gasteiger partial charge in [-0.1, -0.05) is 145 Å². The fourth-order valence-electron chi connectivity index (χ4n) is 4.80. The largest absolute Gasteiger partial charge is 0.472 e. The first-order valence-corrected chi connectivity index (χ1v) is 20.9. The van der Waals surface area contributed by atoms with Crippen LogP contribution in [0.1, 0.15) is 142 Å². The molecule has 0 radical (unpaired) electrons. The lowest BCUT2D eigenvalue weighted by atomic mass is 10.0. The van der Waals surface area contributed by atoms with Gasteiger partial charge in [-0.2, -0.15) is 0 Å². The van der Waals surface area contributed by atoms with Crippen LogP contribution in [0.25, 0.3) is 0 Å². The van der Waals surface area contributed by atoms with E-state index in [1.807, 2.05) is 37.3 Å². The first-order chi connectivity index (χ1) is 24.7. The average Bonchev–Trinajstić information content (AvgIpc) is 3.12. The summed E-state index contributed by atoms with van der Waals surface area (Å²) in [6.45, 7) is 3.30. The molecule has 3 atom stereocenters. The summed E-state index contributed by atoms with van der Waals surface area (Å²) in [5.74, 6) is -0.921. The zero-order chi connectivity index (χ0) is 37.7. The summed E-state index contributed by atoms with van der Waals surface area (Å²) in [7, 11) is -4.40. The summed E-state index contributed by atoms with van der Waals surface area (Å²) in [4.78, 5) is 34.7. The topological polar surface area (TPSA) is 155 Å². The third kappa shape index (κ3) is 35.8. The maximum atomic E-state index is 12.5. The Hall–Kier alpha value is -2.33. The summed E-state index contributed by atoms with van der Waals surface area (Å²) in [5, 5.41) is 9.46. The van der Waals surface area contributed by atoms with E-state index >= 15 is 0 Å². The van der Waals surface area contributed by atoms with E-state index in [-0.39, 0.29) is 38.7 Å². The third-order valence-corrected chi connectivity index (χ3v) is 8.81. The molecule has 0 amide bonds. The number of aliphatic hydroxyl groups excluding tert-OH is 1. The molecular weight excluding hydrogens is 669 g/mol. The van der Waals surface area contributed by atoms with Crippen molar-refractivity contribution < 1.29 is 42.7 Å². The average molecular weight is 740 g/mol. The second-order valence-corrected chi connectivity index (χ2v) is 14.1. The predicted octanol–water partition coefficient (Wildman–Crippen LogP) is 9.52. The molecule has 1 unspecified atom stereocenters. The fraction of sp³-hybridized carbons (Fsp3) is 0.700. The third-order valence-electron chi connectivity index (χ3n) is 7.83. The van der Waals surface area contributed by atoms with Crippen LogP contribution in [0.3, 0.4) is 0 Å². The highest BCUT2D eigenvalue weighted by Gasteiger charge is 2.25. The van der Waals surface area contributed by atoms with Gasteiger partial charge in [0.25, 0.3) is 0 Å². The molecule has 0 bridgehead atoms. The number of ether oxygens (including phenoxy) is 2. The van der Waals surface area contributed by atoms with Crippen molar-refractivity contribution in [2.75, 3.05) is 26.4 Å². The van der Waals surface area contributed by atoms with Crippen molar-refractivity contribution in [3.8, 4) is 0 Å². The smallest absolute Gasteiger partial charge is 0.462 e. The molecule has 0 spiro atoms. The van der Waals surface area contributed by atoms with Gasteiger partial charge in [0, 0.05) is 19.4 Å². The molecule has 51 heavy (non-hydrogen) atoms. The van der Waals surface area contributed by atoms with E-state index in [0.29, 0.717) is 19.3 Å². The Labute approximate surface area is 309 Å². The molecule has 0 saturated heterocycles. The van der Waals surface area contributed by atoms with Crippen molar-refractivity contribution in [3.63, 3.8) is 0 Å². The van der Waals surface area contributed by atoms with Crippen molar-refractivity contribution in [2.45, 2.75) is 154 Å². The highest BCUT2D eigenvalue weighted by molar-refractivity contribution is 7.47. The minimum atomic E-state index is -4.40. The number of phosphoric ester groups is 1. The van der Waals surface area contributed by atoms with Crippen LogP contribution in [-0.4, -0.2) is 60.5 Å². The second-order valence-electron chi connectivity index (χ2n) is 12.6. The maximum absolute atomic E-state index is 12.5. The van der Waals surface area contributed by atoms with Gasteiger partial charge >= 0.3 is 19.8 Å². The van der Waals surface area contributed by atoms with E-state index in [1.165, 1.54) is 57.8 Å². The first kappa shape index (κ1) is 48.7.